The Morgan fingerprint density at radius 1 is 1.50 bits per heavy atom. The van der Waals surface area contributed by atoms with Gasteiger partial charge in [0.2, 0.25) is 11.8 Å². The van der Waals surface area contributed by atoms with E-state index in [0.29, 0.717) is 30.9 Å². The molecule has 9 heteroatoms. The molecule has 2 aromatic rings. The van der Waals surface area contributed by atoms with Gasteiger partial charge >= 0.3 is 0 Å². The molecule has 150 valence electrons. The summed E-state index contributed by atoms with van der Waals surface area (Å²) in [5.74, 6) is -0.422. The van der Waals surface area contributed by atoms with Gasteiger partial charge in [-0.3, -0.25) is 14.5 Å². The Balaban J connectivity index is 1.63. The molecule has 3 rings (SSSR count). The number of amides is 2. The number of nitrogens with one attached hydrogen (secondary N) is 2. The number of hydrogen-bond donors (Lipinski definition) is 2. The summed E-state index contributed by atoms with van der Waals surface area (Å²) in [5.41, 5.74) is 1.37. The number of nitrogens with zero attached hydrogens (tertiary/aromatic N) is 2. The first kappa shape index (κ1) is 20.2. The number of halogens is 1. The van der Waals surface area contributed by atoms with Crippen molar-refractivity contribution in [2.45, 2.75) is 32.5 Å². The minimum absolute atomic E-state index is 0.00790. The number of aryl methyl sites for hydroxylation is 1. The third-order valence-electron chi connectivity index (χ3n) is 4.56. The van der Waals surface area contributed by atoms with Crippen LogP contribution in [0.1, 0.15) is 22.7 Å². The van der Waals surface area contributed by atoms with Gasteiger partial charge in [0, 0.05) is 42.3 Å². The lowest BCUT2D eigenvalue weighted by molar-refractivity contribution is -0.134. The zero-order valence-corrected chi connectivity index (χ0v) is 16.6. The Morgan fingerprint density at radius 2 is 2.32 bits per heavy atom. The molecular formula is C19H23FN4O3S. The fourth-order valence-electron chi connectivity index (χ4n) is 3.08. The van der Waals surface area contributed by atoms with Crippen molar-refractivity contribution < 1.29 is 18.7 Å². The van der Waals surface area contributed by atoms with Crippen LogP contribution < -0.4 is 15.4 Å². The van der Waals surface area contributed by atoms with Gasteiger partial charge in [-0.2, -0.15) is 0 Å². The Bertz CT molecular complexity index is 857. The van der Waals surface area contributed by atoms with Crippen molar-refractivity contribution in [3.63, 3.8) is 0 Å². The van der Waals surface area contributed by atoms with Gasteiger partial charge in [-0.1, -0.05) is 6.07 Å². The maximum atomic E-state index is 14.3. The number of carbonyl (C=O) groups is 2. The molecule has 1 aromatic heterocycles. The Kier molecular flexibility index (Phi) is 6.58. The number of methoxy groups -OCH3 is 1. The molecule has 0 saturated carbocycles. The van der Waals surface area contributed by atoms with Crippen molar-refractivity contribution in [2.24, 2.45) is 0 Å². The maximum Gasteiger partial charge on any atom is 0.237 e. The summed E-state index contributed by atoms with van der Waals surface area (Å²) in [5, 5.41) is 8.31. The fraction of sp³-hybridized carbons (Fsp3) is 0.421. The van der Waals surface area contributed by atoms with Gasteiger partial charge in [0.05, 0.1) is 26.1 Å². The first-order valence-electron chi connectivity index (χ1n) is 8.98. The number of aromatic nitrogens is 1. The van der Waals surface area contributed by atoms with Gasteiger partial charge in [-0.15, -0.1) is 11.3 Å². The second-order valence-corrected chi connectivity index (χ2v) is 7.54. The molecule has 2 amide bonds. The molecule has 1 aromatic carbocycles. The first-order valence-corrected chi connectivity index (χ1v) is 9.86. The van der Waals surface area contributed by atoms with Crippen molar-refractivity contribution in [2.75, 3.05) is 20.2 Å². The quantitative estimate of drug-likeness (QED) is 0.730. The van der Waals surface area contributed by atoms with Gasteiger partial charge in [0.25, 0.3) is 0 Å². The van der Waals surface area contributed by atoms with Crippen molar-refractivity contribution in [3.05, 3.63) is 45.7 Å². The molecule has 1 aliphatic rings. The molecule has 28 heavy (non-hydrogen) atoms. The van der Waals surface area contributed by atoms with Crippen LogP contribution in [0.3, 0.4) is 0 Å². The molecule has 1 fully saturated rings. The van der Waals surface area contributed by atoms with Gasteiger partial charge in [-0.05, 0) is 13.0 Å². The lowest BCUT2D eigenvalue weighted by Gasteiger charge is -2.34. The van der Waals surface area contributed by atoms with E-state index in [9.17, 15) is 14.0 Å². The Morgan fingerprint density at radius 3 is 3.00 bits per heavy atom. The molecule has 2 N–H and O–H groups in total. The summed E-state index contributed by atoms with van der Waals surface area (Å²) in [6, 6.07) is 3.99. The van der Waals surface area contributed by atoms with E-state index in [-0.39, 0.29) is 24.8 Å². The number of hydrogen-bond acceptors (Lipinski definition) is 6. The maximum absolute atomic E-state index is 14.3. The van der Waals surface area contributed by atoms with E-state index < -0.39 is 11.9 Å². The van der Waals surface area contributed by atoms with Crippen LogP contribution in [0.25, 0.3) is 0 Å². The van der Waals surface area contributed by atoms with E-state index in [0.717, 1.165) is 10.7 Å². The van der Waals surface area contributed by atoms with Crippen LogP contribution in [0.5, 0.6) is 5.75 Å². The molecule has 0 bridgehead atoms. The van der Waals surface area contributed by atoms with Crippen LogP contribution in [0.2, 0.25) is 0 Å². The molecule has 1 atom stereocenters. The van der Waals surface area contributed by atoms with E-state index in [4.69, 9.17) is 4.74 Å². The van der Waals surface area contributed by atoms with Crippen molar-refractivity contribution in [1.29, 1.82) is 0 Å². The van der Waals surface area contributed by atoms with Crippen LogP contribution in [0.15, 0.2) is 23.6 Å². The summed E-state index contributed by atoms with van der Waals surface area (Å²) in [4.78, 5) is 30.8. The molecule has 0 spiro atoms. The molecule has 1 aliphatic heterocycles. The van der Waals surface area contributed by atoms with E-state index in [2.05, 4.69) is 15.6 Å². The zero-order chi connectivity index (χ0) is 20.1. The highest BCUT2D eigenvalue weighted by Gasteiger charge is 2.32. The fourth-order valence-corrected chi connectivity index (χ4v) is 3.79. The molecule has 1 saturated heterocycles. The lowest BCUT2D eigenvalue weighted by Crippen LogP contribution is -2.56. The van der Waals surface area contributed by atoms with Crippen molar-refractivity contribution in [3.8, 4) is 5.75 Å². The largest absolute Gasteiger partial charge is 0.497 e. The van der Waals surface area contributed by atoms with Gasteiger partial charge in [-0.25, -0.2) is 9.37 Å². The molecule has 1 unspecified atom stereocenters. The minimum Gasteiger partial charge on any atom is -0.497 e. The second kappa shape index (κ2) is 9.11. The summed E-state index contributed by atoms with van der Waals surface area (Å²) >= 11 is 1.48. The highest BCUT2D eigenvalue weighted by molar-refractivity contribution is 7.09. The normalized spacial score (nSPS) is 17.2. The highest BCUT2D eigenvalue weighted by atomic mass is 32.1. The molecular weight excluding hydrogens is 383 g/mol. The average Bonchev–Trinajstić information content (AvgIpc) is 3.09. The summed E-state index contributed by atoms with van der Waals surface area (Å²) < 4.78 is 19.3. The highest BCUT2D eigenvalue weighted by Crippen LogP contribution is 2.20. The number of rotatable bonds is 7. The van der Waals surface area contributed by atoms with Crippen LogP contribution >= 0.6 is 11.3 Å². The topological polar surface area (TPSA) is 83.6 Å². The number of benzene rings is 1. The average molecular weight is 406 g/mol. The van der Waals surface area contributed by atoms with Gasteiger partial charge in [0.15, 0.2) is 0 Å². The van der Waals surface area contributed by atoms with Crippen LogP contribution in [0.4, 0.5) is 4.39 Å². The van der Waals surface area contributed by atoms with Gasteiger partial charge in [0.1, 0.15) is 16.6 Å². The molecule has 0 aliphatic carbocycles. The number of piperazine rings is 1. The number of thiazole rings is 1. The summed E-state index contributed by atoms with van der Waals surface area (Å²) in [7, 11) is 1.48. The standard InChI is InChI=1S/C19H23FN4O3S/c1-12-11-28-18(23-12)9-22-17(25)8-16-19(26)21-5-6-24(16)10-13-3-4-14(27-2)7-15(13)20/h3-4,7,11,16H,5-6,8-10H2,1-2H3,(H,21,26)(H,22,25). The lowest BCUT2D eigenvalue weighted by atomic mass is 10.1. The van der Waals surface area contributed by atoms with Crippen LogP contribution in [0, 0.1) is 12.7 Å². The molecule has 0 radical (unpaired) electrons. The minimum atomic E-state index is -0.645. The summed E-state index contributed by atoms with van der Waals surface area (Å²) in [6.45, 7) is 3.48. The summed E-state index contributed by atoms with van der Waals surface area (Å²) in [6.07, 6.45) is 0.00790. The molecule has 7 nitrogen and oxygen atoms in total. The zero-order valence-electron chi connectivity index (χ0n) is 15.8. The van der Waals surface area contributed by atoms with E-state index in [1.165, 1.54) is 24.5 Å². The van der Waals surface area contributed by atoms with Crippen molar-refractivity contribution in [1.82, 2.24) is 20.5 Å². The predicted octanol–water partition coefficient (Wildman–Crippen LogP) is 1.61. The monoisotopic (exact) mass is 406 g/mol. The number of carbonyl (C=O) groups excluding carboxylic acids is 2. The van der Waals surface area contributed by atoms with E-state index in [1.54, 1.807) is 12.1 Å². The molecule has 2 heterocycles. The third kappa shape index (κ3) is 5.05. The Hall–Kier alpha value is -2.52. The van der Waals surface area contributed by atoms with Crippen LogP contribution in [-0.2, 0) is 22.7 Å². The smallest absolute Gasteiger partial charge is 0.237 e. The van der Waals surface area contributed by atoms with E-state index in [1.807, 2.05) is 17.2 Å². The van der Waals surface area contributed by atoms with Crippen molar-refractivity contribution >= 4 is 23.2 Å². The number of ether oxygens (including phenoxy) is 1. The third-order valence-corrected chi connectivity index (χ3v) is 5.52. The predicted molar refractivity (Wildman–Crippen MR) is 103 cm³/mol. The van der Waals surface area contributed by atoms with E-state index >= 15 is 0 Å². The SMILES string of the molecule is COc1ccc(CN2CCNC(=O)C2CC(=O)NCc2nc(C)cs2)c(F)c1. The van der Waals surface area contributed by atoms with Crippen LogP contribution in [-0.4, -0.2) is 47.9 Å². The second-order valence-electron chi connectivity index (χ2n) is 6.60. The Labute approximate surface area is 166 Å². The van der Waals surface area contributed by atoms with Gasteiger partial charge < -0.3 is 15.4 Å². The first-order chi connectivity index (χ1) is 13.5.